The summed E-state index contributed by atoms with van der Waals surface area (Å²) in [4.78, 5) is 23.8. The second-order valence-corrected chi connectivity index (χ2v) is 6.76. The van der Waals surface area contributed by atoms with E-state index in [1.165, 1.54) is 0 Å². The summed E-state index contributed by atoms with van der Waals surface area (Å²) in [6, 6.07) is 15.3. The quantitative estimate of drug-likeness (QED) is 0.558. The molecule has 0 aliphatic heterocycles. The van der Waals surface area contributed by atoms with Crippen LogP contribution in [0.1, 0.15) is 26.5 Å². The molecule has 142 valence electrons. The number of aryl methyl sites for hydroxylation is 1. The van der Waals surface area contributed by atoms with Gasteiger partial charge in [-0.05, 0) is 55.0 Å². The zero-order chi connectivity index (χ0) is 20.3. The number of furan rings is 1. The first kappa shape index (κ1) is 19.6. The first-order chi connectivity index (χ1) is 13.3. The lowest BCUT2D eigenvalue weighted by Crippen LogP contribution is -2.34. The van der Waals surface area contributed by atoms with Crippen LogP contribution in [0, 0.1) is 6.92 Å². The van der Waals surface area contributed by atoms with Crippen molar-refractivity contribution in [3.8, 4) is 11.3 Å². The molecule has 0 unspecified atom stereocenters. The summed E-state index contributed by atoms with van der Waals surface area (Å²) < 4.78 is 5.61. The normalized spacial score (nSPS) is 10.4. The third kappa shape index (κ3) is 4.39. The van der Waals surface area contributed by atoms with Gasteiger partial charge in [0.1, 0.15) is 5.76 Å². The molecule has 2 amide bonds. The highest BCUT2D eigenvalue weighted by atomic mass is 35.5. The zero-order valence-corrected chi connectivity index (χ0v) is 16.4. The molecule has 1 aromatic heterocycles. The highest BCUT2D eigenvalue weighted by Crippen LogP contribution is 2.27. The van der Waals surface area contributed by atoms with Gasteiger partial charge in [-0.2, -0.15) is 0 Å². The average Bonchev–Trinajstić information content (AvgIpc) is 3.14. The van der Waals surface area contributed by atoms with Crippen molar-refractivity contribution < 1.29 is 14.0 Å². The predicted octanol–water partition coefficient (Wildman–Crippen LogP) is 4.13. The molecular weight excluding hydrogens is 398 g/mol. The number of rotatable bonds is 4. The van der Waals surface area contributed by atoms with Crippen LogP contribution in [-0.4, -0.2) is 16.9 Å². The maximum absolute atomic E-state index is 12.4. The Balaban J connectivity index is 1.70. The van der Waals surface area contributed by atoms with Crippen LogP contribution in [0.4, 0.5) is 5.69 Å². The van der Waals surface area contributed by atoms with E-state index in [0.717, 1.165) is 11.1 Å². The third-order valence-electron chi connectivity index (χ3n) is 3.95. The molecule has 4 N–H and O–H groups in total. The fourth-order valence-electron chi connectivity index (χ4n) is 2.49. The Labute approximate surface area is 171 Å². The number of carbonyl (C=O) groups is 2. The van der Waals surface area contributed by atoms with Crippen molar-refractivity contribution in [2.75, 3.05) is 5.32 Å². The number of nitrogens with one attached hydrogen (secondary N) is 2. The van der Waals surface area contributed by atoms with Crippen LogP contribution in [0.3, 0.4) is 0 Å². The fraction of sp³-hybridized carbons (Fsp3) is 0.0500. The molecule has 0 saturated carbocycles. The Morgan fingerprint density at radius 1 is 1.11 bits per heavy atom. The van der Waals surface area contributed by atoms with E-state index in [1.807, 2.05) is 19.1 Å². The van der Waals surface area contributed by atoms with Crippen LogP contribution in [0.2, 0.25) is 5.02 Å². The number of hydrogen-bond acceptors (Lipinski definition) is 4. The van der Waals surface area contributed by atoms with E-state index in [0.29, 0.717) is 16.5 Å². The molecule has 2 aromatic carbocycles. The van der Waals surface area contributed by atoms with Crippen LogP contribution in [0.5, 0.6) is 0 Å². The van der Waals surface area contributed by atoms with Crippen LogP contribution < -0.4 is 16.4 Å². The van der Waals surface area contributed by atoms with Crippen LogP contribution in [0.25, 0.3) is 11.3 Å². The number of amides is 2. The summed E-state index contributed by atoms with van der Waals surface area (Å²) >= 11 is 11.3. The number of primary amides is 1. The average molecular weight is 414 g/mol. The van der Waals surface area contributed by atoms with Gasteiger partial charge in [-0.15, -0.1) is 0 Å². The number of halogens is 1. The minimum atomic E-state index is -0.607. The van der Waals surface area contributed by atoms with Crippen molar-refractivity contribution in [1.82, 2.24) is 5.32 Å². The van der Waals surface area contributed by atoms with Gasteiger partial charge in [-0.1, -0.05) is 35.9 Å². The van der Waals surface area contributed by atoms with Gasteiger partial charge in [-0.25, -0.2) is 0 Å². The topological polar surface area (TPSA) is 97.4 Å². The second kappa shape index (κ2) is 8.24. The number of nitrogens with two attached hydrogens (primary N) is 1. The van der Waals surface area contributed by atoms with Crippen LogP contribution >= 0.6 is 23.8 Å². The lowest BCUT2D eigenvalue weighted by atomic mass is 10.1. The fourth-order valence-corrected chi connectivity index (χ4v) is 2.87. The smallest absolute Gasteiger partial charge is 0.293 e. The number of carbonyl (C=O) groups excluding carboxylic acids is 2. The van der Waals surface area contributed by atoms with Gasteiger partial charge in [0.05, 0.1) is 11.3 Å². The Kier molecular flexibility index (Phi) is 5.77. The number of benzene rings is 2. The molecule has 0 bridgehead atoms. The Hall–Kier alpha value is -3.16. The van der Waals surface area contributed by atoms with E-state index in [1.54, 1.807) is 42.5 Å². The van der Waals surface area contributed by atoms with Crippen LogP contribution in [-0.2, 0) is 0 Å². The molecule has 1 heterocycles. The molecular formula is C20H16ClN3O3S. The Bertz CT molecular complexity index is 1080. The van der Waals surface area contributed by atoms with Crippen molar-refractivity contribution in [2.45, 2.75) is 6.92 Å². The number of anilines is 1. The summed E-state index contributed by atoms with van der Waals surface area (Å²) in [7, 11) is 0. The summed E-state index contributed by atoms with van der Waals surface area (Å²) in [6.45, 7) is 1.90. The lowest BCUT2D eigenvalue weighted by molar-refractivity contribution is 0.0950. The van der Waals surface area contributed by atoms with Crippen molar-refractivity contribution in [1.29, 1.82) is 0 Å². The van der Waals surface area contributed by atoms with Gasteiger partial charge >= 0.3 is 0 Å². The molecule has 3 aromatic rings. The first-order valence-corrected chi connectivity index (χ1v) is 9.01. The van der Waals surface area contributed by atoms with Gasteiger partial charge in [0, 0.05) is 10.6 Å². The van der Waals surface area contributed by atoms with E-state index in [9.17, 15) is 9.59 Å². The van der Waals surface area contributed by atoms with Gasteiger partial charge in [0.2, 0.25) is 0 Å². The van der Waals surface area contributed by atoms with Gasteiger partial charge in [0.15, 0.2) is 10.9 Å². The molecule has 0 spiro atoms. The van der Waals surface area contributed by atoms with E-state index >= 15 is 0 Å². The number of hydrogen-bond donors (Lipinski definition) is 3. The molecule has 6 nitrogen and oxygen atoms in total. The summed E-state index contributed by atoms with van der Waals surface area (Å²) in [6.07, 6.45) is 0. The SMILES string of the molecule is Cc1ccc(-c2ccc(C(=O)NC(=S)Nc3ccccc3C(N)=O)o2)cc1Cl. The molecule has 28 heavy (non-hydrogen) atoms. The molecule has 0 radical (unpaired) electrons. The van der Waals surface area contributed by atoms with Gasteiger partial charge in [0.25, 0.3) is 11.8 Å². The minimum absolute atomic E-state index is 0.00929. The standard InChI is InChI=1S/C20H16ClN3O3S/c1-11-6-7-12(10-14(11)21)16-8-9-17(27-16)19(26)24-20(28)23-15-5-3-2-4-13(15)18(22)25/h2-10H,1H3,(H2,22,25)(H2,23,24,26,28). The molecule has 0 atom stereocenters. The Morgan fingerprint density at radius 3 is 2.57 bits per heavy atom. The summed E-state index contributed by atoms with van der Waals surface area (Å²) in [5, 5.41) is 5.91. The molecule has 3 rings (SSSR count). The van der Waals surface area contributed by atoms with Crippen molar-refractivity contribution in [2.24, 2.45) is 5.73 Å². The predicted molar refractivity (Wildman–Crippen MR) is 113 cm³/mol. The lowest BCUT2D eigenvalue weighted by Gasteiger charge is -2.11. The minimum Gasteiger partial charge on any atom is -0.451 e. The molecule has 0 aliphatic rings. The van der Waals surface area contributed by atoms with E-state index in [2.05, 4.69) is 10.6 Å². The monoisotopic (exact) mass is 413 g/mol. The molecule has 0 aliphatic carbocycles. The number of para-hydroxylation sites is 1. The van der Waals surface area contributed by atoms with Crippen molar-refractivity contribution >= 4 is 46.4 Å². The van der Waals surface area contributed by atoms with Crippen molar-refractivity contribution in [3.63, 3.8) is 0 Å². The zero-order valence-electron chi connectivity index (χ0n) is 14.8. The molecule has 0 fully saturated rings. The van der Waals surface area contributed by atoms with Gasteiger partial charge in [-0.3, -0.25) is 14.9 Å². The maximum Gasteiger partial charge on any atom is 0.293 e. The second-order valence-electron chi connectivity index (χ2n) is 5.95. The van der Waals surface area contributed by atoms with Crippen LogP contribution in [0.15, 0.2) is 59.0 Å². The molecule has 8 heteroatoms. The highest BCUT2D eigenvalue weighted by Gasteiger charge is 2.15. The summed E-state index contributed by atoms with van der Waals surface area (Å²) in [5.41, 5.74) is 7.69. The summed E-state index contributed by atoms with van der Waals surface area (Å²) in [5.74, 6) is -0.549. The highest BCUT2D eigenvalue weighted by molar-refractivity contribution is 7.80. The molecule has 0 saturated heterocycles. The number of thiocarbonyl (C=S) groups is 1. The van der Waals surface area contributed by atoms with E-state index in [-0.39, 0.29) is 16.4 Å². The largest absolute Gasteiger partial charge is 0.451 e. The Morgan fingerprint density at radius 2 is 1.86 bits per heavy atom. The van der Waals surface area contributed by atoms with E-state index < -0.39 is 11.8 Å². The first-order valence-electron chi connectivity index (χ1n) is 8.22. The van der Waals surface area contributed by atoms with Gasteiger partial charge < -0.3 is 15.5 Å². The maximum atomic E-state index is 12.4. The van der Waals surface area contributed by atoms with E-state index in [4.69, 9.17) is 34.0 Å². The van der Waals surface area contributed by atoms with Crippen molar-refractivity contribution in [3.05, 3.63) is 76.5 Å². The third-order valence-corrected chi connectivity index (χ3v) is 4.57.